The zero-order valence-corrected chi connectivity index (χ0v) is 8.02. The van der Waals surface area contributed by atoms with Gasteiger partial charge in [-0.15, -0.1) is 11.8 Å². The second kappa shape index (κ2) is 3.26. The molecule has 1 aromatic heterocycles. The van der Waals surface area contributed by atoms with Gasteiger partial charge in [0.1, 0.15) is 0 Å². The maximum Gasteiger partial charge on any atom is 0.256 e. The van der Waals surface area contributed by atoms with E-state index in [1.165, 1.54) is 0 Å². The molecule has 0 unspecified atom stereocenters. The molecule has 0 amide bonds. The van der Waals surface area contributed by atoms with E-state index in [-0.39, 0.29) is 5.56 Å². The Hall–Kier alpha value is -1.22. The van der Waals surface area contributed by atoms with Gasteiger partial charge in [-0.3, -0.25) is 4.79 Å². The molecule has 0 fully saturated rings. The first kappa shape index (κ1) is 8.38. The number of aromatic nitrogens is 1. The quantitative estimate of drug-likeness (QED) is 0.701. The van der Waals surface area contributed by atoms with Crippen LogP contribution < -0.4 is 5.56 Å². The molecule has 66 valence electrons. The number of hydrogen-bond donors (Lipinski definition) is 1. The lowest BCUT2D eigenvalue weighted by molar-refractivity contribution is 1.26. The van der Waals surface area contributed by atoms with Gasteiger partial charge in [-0.05, 0) is 23.8 Å². The summed E-state index contributed by atoms with van der Waals surface area (Å²) in [5.41, 5.74) is -0.0116. The van der Waals surface area contributed by atoms with Crippen LogP contribution in [0.5, 0.6) is 0 Å². The summed E-state index contributed by atoms with van der Waals surface area (Å²) in [6.45, 7) is 0. The molecular weight excluding hydrogens is 182 g/mol. The van der Waals surface area contributed by atoms with E-state index in [0.29, 0.717) is 0 Å². The molecule has 0 aliphatic heterocycles. The van der Waals surface area contributed by atoms with Gasteiger partial charge in [0.25, 0.3) is 5.56 Å². The van der Waals surface area contributed by atoms with Crippen molar-refractivity contribution in [1.29, 1.82) is 0 Å². The minimum absolute atomic E-state index is 0.0116. The molecule has 0 saturated heterocycles. The number of nitrogens with one attached hydrogen (secondary N) is 1. The molecule has 0 saturated carbocycles. The Kier molecular flexibility index (Phi) is 2.10. The summed E-state index contributed by atoms with van der Waals surface area (Å²) < 4.78 is 0. The van der Waals surface area contributed by atoms with E-state index >= 15 is 0 Å². The molecule has 3 heteroatoms. The lowest BCUT2D eigenvalue weighted by Gasteiger charge is -2.00. The normalized spacial score (nSPS) is 10.5. The number of thioether (sulfide) groups is 1. The maximum absolute atomic E-state index is 11.5. The van der Waals surface area contributed by atoms with Crippen molar-refractivity contribution in [3.8, 4) is 0 Å². The van der Waals surface area contributed by atoms with Crippen LogP contribution in [-0.4, -0.2) is 11.2 Å². The molecule has 0 spiro atoms. The molecule has 13 heavy (non-hydrogen) atoms. The van der Waals surface area contributed by atoms with Gasteiger partial charge in [0, 0.05) is 11.1 Å². The number of H-pyrrole nitrogens is 1. The van der Waals surface area contributed by atoms with Crippen LogP contribution >= 0.6 is 11.8 Å². The summed E-state index contributed by atoms with van der Waals surface area (Å²) >= 11 is 1.59. The second-order valence-electron chi connectivity index (χ2n) is 2.73. The Labute approximate surface area is 80.0 Å². The van der Waals surface area contributed by atoms with Crippen molar-refractivity contribution in [2.75, 3.05) is 6.26 Å². The molecule has 0 aliphatic carbocycles. The van der Waals surface area contributed by atoms with E-state index in [2.05, 4.69) is 4.98 Å². The van der Waals surface area contributed by atoms with E-state index < -0.39 is 0 Å². The molecule has 0 radical (unpaired) electrons. The first-order valence-corrected chi connectivity index (χ1v) is 5.20. The van der Waals surface area contributed by atoms with Gasteiger partial charge in [0.2, 0.25) is 0 Å². The molecule has 2 rings (SSSR count). The molecule has 1 heterocycles. The average Bonchev–Trinajstić information content (AvgIpc) is 2.17. The summed E-state index contributed by atoms with van der Waals surface area (Å²) in [5.74, 6) is 0. The van der Waals surface area contributed by atoms with E-state index in [4.69, 9.17) is 0 Å². The summed E-state index contributed by atoms with van der Waals surface area (Å²) in [7, 11) is 0. The Bertz CT molecular complexity index is 484. The summed E-state index contributed by atoms with van der Waals surface area (Å²) in [6, 6.07) is 7.79. The predicted molar refractivity (Wildman–Crippen MR) is 56.3 cm³/mol. The van der Waals surface area contributed by atoms with Gasteiger partial charge in [0.05, 0.1) is 5.39 Å². The predicted octanol–water partition coefficient (Wildman–Crippen LogP) is 2.25. The van der Waals surface area contributed by atoms with Gasteiger partial charge in [0.15, 0.2) is 0 Å². The maximum atomic E-state index is 11.5. The zero-order chi connectivity index (χ0) is 9.26. The smallest absolute Gasteiger partial charge is 0.256 e. The highest BCUT2D eigenvalue weighted by molar-refractivity contribution is 7.98. The van der Waals surface area contributed by atoms with Crippen LogP contribution in [0.3, 0.4) is 0 Å². The second-order valence-corrected chi connectivity index (χ2v) is 3.58. The number of benzene rings is 1. The van der Waals surface area contributed by atoms with E-state index in [9.17, 15) is 4.79 Å². The molecule has 2 aromatic rings. The number of rotatable bonds is 1. The number of pyridine rings is 1. The lowest BCUT2D eigenvalue weighted by atomic mass is 10.2. The monoisotopic (exact) mass is 191 g/mol. The van der Waals surface area contributed by atoms with Crippen LogP contribution in [0.1, 0.15) is 0 Å². The van der Waals surface area contributed by atoms with E-state index in [1.54, 1.807) is 18.0 Å². The van der Waals surface area contributed by atoms with Crippen molar-refractivity contribution in [2.24, 2.45) is 0 Å². The van der Waals surface area contributed by atoms with Crippen LogP contribution in [0, 0.1) is 0 Å². The molecular formula is C10H9NOS. The van der Waals surface area contributed by atoms with Gasteiger partial charge in [-0.25, -0.2) is 0 Å². The zero-order valence-electron chi connectivity index (χ0n) is 7.20. The third-order valence-corrected chi connectivity index (χ3v) is 2.76. The average molecular weight is 191 g/mol. The minimum atomic E-state index is -0.0116. The molecule has 0 atom stereocenters. The molecule has 0 aliphatic rings. The van der Waals surface area contributed by atoms with Gasteiger partial charge in [-0.2, -0.15) is 0 Å². The highest BCUT2D eigenvalue weighted by Crippen LogP contribution is 2.22. The summed E-state index contributed by atoms with van der Waals surface area (Å²) in [6.07, 6.45) is 3.65. The highest BCUT2D eigenvalue weighted by atomic mass is 32.2. The molecule has 2 nitrogen and oxygen atoms in total. The van der Waals surface area contributed by atoms with Gasteiger partial charge in [-0.1, -0.05) is 12.1 Å². The van der Waals surface area contributed by atoms with Crippen LogP contribution in [0.15, 0.2) is 40.2 Å². The van der Waals surface area contributed by atoms with Crippen LogP contribution in [-0.2, 0) is 0 Å². The SMILES string of the molecule is CSc1cccc2cc[nH]c(=O)c12. The van der Waals surface area contributed by atoms with Crippen molar-refractivity contribution in [2.45, 2.75) is 4.90 Å². The largest absolute Gasteiger partial charge is 0.329 e. The molecule has 1 aromatic carbocycles. The first-order valence-electron chi connectivity index (χ1n) is 3.97. The Balaban J connectivity index is 2.95. The summed E-state index contributed by atoms with van der Waals surface area (Å²) in [5, 5.41) is 1.79. The molecule has 0 bridgehead atoms. The van der Waals surface area contributed by atoms with Crippen LogP contribution in [0.25, 0.3) is 10.8 Å². The third-order valence-electron chi connectivity index (χ3n) is 1.98. The fourth-order valence-electron chi connectivity index (χ4n) is 1.38. The van der Waals surface area contributed by atoms with Crippen molar-refractivity contribution in [1.82, 2.24) is 4.98 Å². The van der Waals surface area contributed by atoms with Crippen LogP contribution in [0.4, 0.5) is 0 Å². The standard InChI is InChI=1S/C10H9NOS/c1-13-8-4-2-3-7-5-6-11-10(12)9(7)8/h2-6H,1H3,(H,11,12). The van der Waals surface area contributed by atoms with E-state index in [1.807, 2.05) is 30.5 Å². The number of aromatic amines is 1. The fourth-order valence-corrected chi connectivity index (χ4v) is 2.01. The number of hydrogen-bond acceptors (Lipinski definition) is 2. The Morgan fingerprint density at radius 3 is 2.92 bits per heavy atom. The van der Waals surface area contributed by atoms with Gasteiger partial charge < -0.3 is 4.98 Å². The summed E-state index contributed by atoms with van der Waals surface area (Å²) in [4.78, 5) is 15.2. The minimum Gasteiger partial charge on any atom is -0.329 e. The lowest BCUT2D eigenvalue weighted by Crippen LogP contribution is -2.05. The first-order chi connectivity index (χ1) is 6.33. The highest BCUT2D eigenvalue weighted by Gasteiger charge is 2.02. The Morgan fingerprint density at radius 2 is 2.15 bits per heavy atom. The number of fused-ring (bicyclic) bond motifs is 1. The van der Waals surface area contributed by atoms with Gasteiger partial charge >= 0.3 is 0 Å². The van der Waals surface area contributed by atoms with Crippen molar-refractivity contribution >= 4 is 22.5 Å². The topological polar surface area (TPSA) is 32.9 Å². The van der Waals surface area contributed by atoms with Crippen molar-refractivity contribution < 1.29 is 0 Å². The molecule has 1 N–H and O–H groups in total. The fraction of sp³-hybridized carbons (Fsp3) is 0.100. The van der Waals surface area contributed by atoms with E-state index in [0.717, 1.165) is 15.7 Å². The Morgan fingerprint density at radius 1 is 1.31 bits per heavy atom. The van der Waals surface area contributed by atoms with Crippen LogP contribution in [0.2, 0.25) is 0 Å². The third kappa shape index (κ3) is 1.35. The van der Waals surface area contributed by atoms with Crippen molar-refractivity contribution in [3.05, 3.63) is 40.8 Å². The van der Waals surface area contributed by atoms with Crippen molar-refractivity contribution in [3.63, 3.8) is 0 Å².